The van der Waals surface area contributed by atoms with E-state index in [1.165, 1.54) is 11.1 Å². The lowest BCUT2D eigenvalue weighted by atomic mass is 9.99. The standard InChI is InChI=1S/C25H24N4O3/c1-15-10-21-20(11-19(15)25(31)28-13-17-4-2-3-5-18(17)14-28)27-24(30)22-12-26-23(29(21)22)16-6-8-32-9-7-16/h2-5,10-12,16H,6-9,13-14H2,1H3,(H,27,30). The van der Waals surface area contributed by atoms with Crippen LogP contribution >= 0.6 is 0 Å². The molecule has 0 aliphatic carbocycles. The Hall–Kier alpha value is -3.45. The van der Waals surface area contributed by atoms with Crippen molar-refractivity contribution in [3.05, 3.63) is 81.0 Å². The second-order valence-electron chi connectivity index (χ2n) is 8.79. The van der Waals surface area contributed by atoms with Crippen LogP contribution in [0, 0.1) is 6.92 Å². The first kappa shape index (κ1) is 19.3. The minimum atomic E-state index is -0.195. The molecule has 1 amide bonds. The van der Waals surface area contributed by atoms with Crippen molar-refractivity contribution in [2.24, 2.45) is 0 Å². The van der Waals surface area contributed by atoms with Crippen LogP contribution in [0.3, 0.4) is 0 Å². The molecule has 2 aromatic heterocycles. The van der Waals surface area contributed by atoms with E-state index in [-0.39, 0.29) is 17.4 Å². The fourth-order valence-electron chi connectivity index (χ4n) is 5.06. The number of amides is 1. The van der Waals surface area contributed by atoms with Crippen LogP contribution < -0.4 is 5.56 Å². The van der Waals surface area contributed by atoms with E-state index in [2.05, 4.69) is 22.1 Å². The number of benzene rings is 2. The Morgan fingerprint density at radius 1 is 1.09 bits per heavy atom. The molecule has 7 nitrogen and oxygen atoms in total. The number of aromatic nitrogens is 3. The van der Waals surface area contributed by atoms with Crippen LogP contribution in [-0.2, 0) is 17.8 Å². The summed E-state index contributed by atoms with van der Waals surface area (Å²) in [7, 11) is 0. The van der Waals surface area contributed by atoms with Crippen LogP contribution in [0.15, 0.2) is 47.4 Å². The molecule has 4 aromatic rings. The van der Waals surface area contributed by atoms with E-state index >= 15 is 0 Å². The lowest BCUT2D eigenvalue weighted by molar-refractivity contribution is 0.0750. The third kappa shape index (κ3) is 2.96. The SMILES string of the molecule is Cc1cc2c(cc1C(=O)N1Cc3ccccc3C1)[nH]c(=O)c1cnc(C3CCOCC3)n12. The summed E-state index contributed by atoms with van der Waals surface area (Å²) in [5.41, 5.74) is 5.75. The van der Waals surface area contributed by atoms with Gasteiger partial charge in [-0.25, -0.2) is 4.98 Å². The van der Waals surface area contributed by atoms with Crippen molar-refractivity contribution < 1.29 is 9.53 Å². The highest BCUT2D eigenvalue weighted by Crippen LogP contribution is 2.30. The van der Waals surface area contributed by atoms with E-state index in [1.54, 1.807) is 6.20 Å². The minimum absolute atomic E-state index is 0.0168. The average molecular weight is 428 g/mol. The third-order valence-electron chi connectivity index (χ3n) is 6.80. The highest BCUT2D eigenvalue weighted by atomic mass is 16.5. The van der Waals surface area contributed by atoms with E-state index < -0.39 is 0 Å². The number of fused-ring (bicyclic) bond motifs is 4. The van der Waals surface area contributed by atoms with Gasteiger partial charge in [0.1, 0.15) is 11.3 Å². The molecule has 2 aliphatic heterocycles. The summed E-state index contributed by atoms with van der Waals surface area (Å²) >= 11 is 0. The summed E-state index contributed by atoms with van der Waals surface area (Å²) in [6.07, 6.45) is 3.43. The Kier molecular flexibility index (Phi) is 4.40. The number of imidazole rings is 1. The zero-order valence-corrected chi connectivity index (χ0v) is 17.9. The molecule has 4 heterocycles. The summed E-state index contributed by atoms with van der Waals surface area (Å²) in [4.78, 5) is 35.7. The Labute approximate surface area is 184 Å². The normalized spacial score (nSPS) is 16.7. The topological polar surface area (TPSA) is 79.7 Å². The first-order valence-electron chi connectivity index (χ1n) is 11.1. The lowest BCUT2D eigenvalue weighted by Crippen LogP contribution is -2.26. The molecule has 1 N–H and O–H groups in total. The van der Waals surface area contributed by atoms with Gasteiger partial charge >= 0.3 is 0 Å². The molecule has 32 heavy (non-hydrogen) atoms. The molecule has 0 saturated carbocycles. The Morgan fingerprint density at radius 3 is 2.53 bits per heavy atom. The molecule has 7 heteroatoms. The molecule has 0 atom stereocenters. The first-order chi connectivity index (χ1) is 15.6. The summed E-state index contributed by atoms with van der Waals surface area (Å²) in [5.74, 6) is 1.13. The summed E-state index contributed by atoms with van der Waals surface area (Å²) in [5, 5.41) is 0. The van der Waals surface area contributed by atoms with Gasteiger partial charge in [-0.05, 0) is 48.6 Å². The van der Waals surface area contributed by atoms with Gasteiger partial charge < -0.3 is 14.6 Å². The molecule has 1 saturated heterocycles. The van der Waals surface area contributed by atoms with Crippen LogP contribution in [0.25, 0.3) is 16.6 Å². The van der Waals surface area contributed by atoms with Gasteiger partial charge in [0.05, 0.1) is 17.2 Å². The number of nitrogens with one attached hydrogen (secondary N) is 1. The zero-order chi connectivity index (χ0) is 21.8. The van der Waals surface area contributed by atoms with Crippen molar-refractivity contribution in [1.29, 1.82) is 0 Å². The fourth-order valence-corrected chi connectivity index (χ4v) is 5.06. The van der Waals surface area contributed by atoms with E-state index in [0.29, 0.717) is 42.9 Å². The number of aromatic amines is 1. The third-order valence-corrected chi connectivity index (χ3v) is 6.80. The van der Waals surface area contributed by atoms with Crippen LogP contribution in [0.4, 0.5) is 0 Å². The van der Waals surface area contributed by atoms with E-state index in [1.807, 2.05) is 40.5 Å². The predicted octanol–water partition coefficient (Wildman–Crippen LogP) is 3.53. The molecule has 2 aromatic carbocycles. The van der Waals surface area contributed by atoms with Gasteiger partial charge in [0.2, 0.25) is 0 Å². The maximum Gasteiger partial charge on any atom is 0.274 e. The predicted molar refractivity (Wildman–Crippen MR) is 121 cm³/mol. The number of carbonyl (C=O) groups excluding carboxylic acids is 1. The van der Waals surface area contributed by atoms with Gasteiger partial charge in [0, 0.05) is 37.8 Å². The van der Waals surface area contributed by atoms with Gasteiger partial charge in [-0.1, -0.05) is 24.3 Å². The van der Waals surface area contributed by atoms with Crippen LogP contribution in [0.1, 0.15) is 51.6 Å². The number of carbonyl (C=O) groups is 1. The van der Waals surface area contributed by atoms with Crippen LogP contribution in [-0.4, -0.2) is 38.4 Å². The van der Waals surface area contributed by atoms with Gasteiger partial charge in [-0.3, -0.25) is 14.0 Å². The molecule has 0 spiro atoms. The van der Waals surface area contributed by atoms with Gasteiger partial charge in [0.25, 0.3) is 11.5 Å². The van der Waals surface area contributed by atoms with Crippen molar-refractivity contribution in [3.8, 4) is 0 Å². The van der Waals surface area contributed by atoms with Gasteiger partial charge in [-0.2, -0.15) is 0 Å². The first-order valence-corrected chi connectivity index (χ1v) is 11.1. The Bertz CT molecular complexity index is 1400. The number of hydrogen-bond donors (Lipinski definition) is 1. The molecule has 162 valence electrons. The van der Waals surface area contributed by atoms with E-state index in [4.69, 9.17) is 4.74 Å². The second-order valence-corrected chi connectivity index (χ2v) is 8.79. The minimum Gasteiger partial charge on any atom is -0.381 e. The number of nitrogens with zero attached hydrogens (tertiary/aromatic N) is 3. The summed E-state index contributed by atoms with van der Waals surface area (Å²) < 4.78 is 7.48. The fraction of sp³-hybridized carbons (Fsp3) is 0.320. The Morgan fingerprint density at radius 2 is 1.81 bits per heavy atom. The van der Waals surface area contributed by atoms with Crippen LogP contribution in [0.5, 0.6) is 0 Å². The smallest absolute Gasteiger partial charge is 0.274 e. The molecular formula is C25H24N4O3. The quantitative estimate of drug-likeness (QED) is 0.530. The van der Waals surface area contributed by atoms with Gasteiger partial charge in [-0.15, -0.1) is 0 Å². The number of aryl methyl sites for hydroxylation is 1. The van der Waals surface area contributed by atoms with Crippen molar-refractivity contribution in [2.45, 2.75) is 38.8 Å². The number of hydrogen-bond acceptors (Lipinski definition) is 4. The largest absolute Gasteiger partial charge is 0.381 e. The maximum atomic E-state index is 13.4. The number of rotatable bonds is 2. The Balaban J connectivity index is 1.45. The maximum absolute atomic E-state index is 13.4. The summed E-state index contributed by atoms with van der Waals surface area (Å²) in [6, 6.07) is 12.0. The number of H-pyrrole nitrogens is 1. The monoisotopic (exact) mass is 428 g/mol. The zero-order valence-electron chi connectivity index (χ0n) is 17.9. The molecule has 1 fully saturated rings. The molecule has 0 bridgehead atoms. The second kappa shape index (κ2) is 7.31. The lowest BCUT2D eigenvalue weighted by Gasteiger charge is -2.22. The van der Waals surface area contributed by atoms with Crippen molar-refractivity contribution in [2.75, 3.05) is 13.2 Å². The van der Waals surface area contributed by atoms with Crippen molar-refractivity contribution >= 4 is 22.5 Å². The van der Waals surface area contributed by atoms with Crippen molar-refractivity contribution in [1.82, 2.24) is 19.3 Å². The molecule has 0 unspecified atom stereocenters. The highest BCUT2D eigenvalue weighted by Gasteiger charge is 2.26. The van der Waals surface area contributed by atoms with E-state index in [0.717, 1.165) is 29.7 Å². The molecular weight excluding hydrogens is 404 g/mol. The molecule has 6 rings (SSSR count). The molecule has 2 aliphatic rings. The number of ether oxygens (including phenoxy) is 1. The van der Waals surface area contributed by atoms with Crippen molar-refractivity contribution in [3.63, 3.8) is 0 Å². The van der Waals surface area contributed by atoms with E-state index in [9.17, 15) is 9.59 Å². The average Bonchev–Trinajstić information content (AvgIpc) is 3.45. The van der Waals surface area contributed by atoms with Crippen LogP contribution in [0.2, 0.25) is 0 Å². The van der Waals surface area contributed by atoms with Gasteiger partial charge in [0.15, 0.2) is 0 Å². The highest BCUT2D eigenvalue weighted by molar-refractivity contribution is 5.99. The molecule has 0 radical (unpaired) electrons. The summed E-state index contributed by atoms with van der Waals surface area (Å²) in [6.45, 7) is 4.58.